The molecule has 0 aromatic heterocycles. The van der Waals surface area contributed by atoms with E-state index in [0.717, 1.165) is 11.8 Å². The second-order valence-electron chi connectivity index (χ2n) is 3.49. The Bertz CT molecular complexity index is 478. The highest BCUT2D eigenvalue weighted by atomic mass is 16.5. The van der Waals surface area contributed by atoms with Gasteiger partial charge < -0.3 is 4.74 Å². The summed E-state index contributed by atoms with van der Waals surface area (Å²) < 4.78 is 4.75. The van der Waals surface area contributed by atoms with Gasteiger partial charge in [-0.2, -0.15) is 0 Å². The Kier molecular flexibility index (Phi) is 4.96. The van der Waals surface area contributed by atoms with Gasteiger partial charge >= 0.3 is 5.97 Å². The van der Waals surface area contributed by atoms with E-state index < -0.39 is 0 Å². The Morgan fingerprint density at radius 2 is 2.24 bits per heavy atom. The van der Waals surface area contributed by atoms with Gasteiger partial charge in [-0.1, -0.05) is 24.0 Å². The van der Waals surface area contributed by atoms with E-state index in [2.05, 4.69) is 11.8 Å². The predicted octanol–water partition coefficient (Wildman–Crippen LogP) is 2.11. The highest BCUT2D eigenvalue weighted by Crippen LogP contribution is 2.08. The van der Waals surface area contributed by atoms with E-state index in [1.165, 1.54) is 0 Å². The Morgan fingerprint density at radius 1 is 1.47 bits per heavy atom. The van der Waals surface area contributed by atoms with Crippen LogP contribution in [-0.4, -0.2) is 18.9 Å². The van der Waals surface area contributed by atoms with Gasteiger partial charge in [0.05, 0.1) is 6.61 Å². The maximum absolute atomic E-state index is 11.1. The predicted molar refractivity (Wildman–Crippen MR) is 64.7 cm³/mol. The van der Waals surface area contributed by atoms with Crippen LogP contribution in [0.2, 0.25) is 0 Å². The first kappa shape index (κ1) is 13.0. The number of hydrogen-bond acceptors (Lipinski definition) is 3. The van der Waals surface area contributed by atoms with E-state index in [0.29, 0.717) is 17.7 Å². The standard InChI is InChI=1S/C14H14O3/c1-3-17-14(16)6-4-5-12-9-11(2)7-8-13(12)10-15/h7-10H,3,6H2,1-2H3. The highest BCUT2D eigenvalue weighted by Gasteiger charge is 1.99. The first-order valence-corrected chi connectivity index (χ1v) is 5.37. The second-order valence-corrected chi connectivity index (χ2v) is 3.49. The Labute approximate surface area is 101 Å². The van der Waals surface area contributed by atoms with Crippen LogP contribution in [-0.2, 0) is 9.53 Å². The normalized spacial score (nSPS) is 9.06. The summed E-state index contributed by atoms with van der Waals surface area (Å²) in [5, 5.41) is 0. The van der Waals surface area contributed by atoms with E-state index in [1.54, 1.807) is 13.0 Å². The Balaban J connectivity index is 2.80. The van der Waals surface area contributed by atoms with Gasteiger partial charge in [0.2, 0.25) is 0 Å². The summed E-state index contributed by atoms with van der Waals surface area (Å²) in [6.45, 7) is 4.02. The number of aldehydes is 1. The largest absolute Gasteiger partial charge is 0.465 e. The monoisotopic (exact) mass is 230 g/mol. The lowest BCUT2D eigenvalue weighted by molar-refractivity contribution is -0.141. The molecular weight excluding hydrogens is 216 g/mol. The molecule has 0 aliphatic carbocycles. The van der Waals surface area contributed by atoms with Crippen LogP contribution in [0.5, 0.6) is 0 Å². The number of carbonyl (C=O) groups excluding carboxylic acids is 2. The van der Waals surface area contributed by atoms with E-state index in [1.807, 2.05) is 19.1 Å². The molecule has 0 atom stereocenters. The van der Waals surface area contributed by atoms with Gasteiger partial charge in [0.1, 0.15) is 6.42 Å². The summed E-state index contributed by atoms with van der Waals surface area (Å²) in [6.07, 6.45) is 0.800. The van der Waals surface area contributed by atoms with Crippen molar-refractivity contribution in [1.82, 2.24) is 0 Å². The topological polar surface area (TPSA) is 43.4 Å². The maximum Gasteiger partial charge on any atom is 0.317 e. The van der Waals surface area contributed by atoms with Crippen molar-refractivity contribution in [3.63, 3.8) is 0 Å². The molecule has 1 aromatic carbocycles. The average Bonchev–Trinajstić information content (AvgIpc) is 2.30. The van der Waals surface area contributed by atoms with Crippen molar-refractivity contribution in [3.8, 4) is 11.8 Å². The lowest BCUT2D eigenvalue weighted by Gasteiger charge is -1.98. The minimum Gasteiger partial charge on any atom is -0.465 e. The molecule has 0 spiro atoms. The number of aryl methyl sites for hydroxylation is 1. The van der Waals surface area contributed by atoms with Crippen molar-refractivity contribution in [2.24, 2.45) is 0 Å². The molecule has 3 heteroatoms. The molecule has 0 heterocycles. The van der Waals surface area contributed by atoms with Crippen LogP contribution in [0.15, 0.2) is 18.2 Å². The summed E-state index contributed by atoms with van der Waals surface area (Å²) in [6, 6.07) is 5.39. The molecule has 0 fully saturated rings. The summed E-state index contributed by atoms with van der Waals surface area (Å²) in [4.78, 5) is 21.8. The van der Waals surface area contributed by atoms with Crippen LogP contribution in [0.1, 0.15) is 34.8 Å². The minimum absolute atomic E-state index is 0.0417. The van der Waals surface area contributed by atoms with Gasteiger partial charge in [-0.15, -0.1) is 0 Å². The summed E-state index contributed by atoms with van der Waals surface area (Å²) in [7, 11) is 0. The van der Waals surface area contributed by atoms with Gasteiger partial charge in [0.25, 0.3) is 0 Å². The molecule has 0 aliphatic heterocycles. The molecular formula is C14H14O3. The van der Waals surface area contributed by atoms with Gasteiger partial charge in [0.15, 0.2) is 6.29 Å². The highest BCUT2D eigenvalue weighted by molar-refractivity contribution is 5.80. The molecule has 0 bridgehead atoms. The third-order valence-corrected chi connectivity index (χ3v) is 2.10. The third-order valence-electron chi connectivity index (χ3n) is 2.10. The quantitative estimate of drug-likeness (QED) is 0.454. The Morgan fingerprint density at radius 3 is 2.88 bits per heavy atom. The lowest BCUT2D eigenvalue weighted by atomic mass is 10.1. The molecule has 0 N–H and O–H groups in total. The van der Waals surface area contributed by atoms with E-state index >= 15 is 0 Å². The fourth-order valence-electron chi connectivity index (χ4n) is 1.30. The molecule has 0 aliphatic rings. The van der Waals surface area contributed by atoms with Gasteiger partial charge in [-0.25, -0.2) is 0 Å². The molecule has 1 aromatic rings. The van der Waals surface area contributed by atoms with Crippen molar-refractivity contribution in [2.45, 2.75) is 20.3 Å². The van der Waals surface area contributed by atoms with Crippen LogP contribution < -0.4 is 0 Å². The van der Waals surface area contributed by atoms with Crippen LogP contribution in [0.3, 0.4) is 0 Å². The Hall–Kier alpha value is -2.08. The number of ether oxygens (including phenoxy) is 1. The van der Waals surface area contributed by atoms with E-state index in [4.69, 9.17) is 4.74 Å². The van der Waals surface area contributed by atoms with Crippen LogP contribution in [0.25, 0.3) is 0 Å². The molecule has 17 heavy (non-hydrogen) atoms. The van der Waals surface area contributed by atoms with Crippen LogP contribution in [0, 0.1) is 18.8 Å². The zero-order chi connectivity index (χ0) is 12.7. The van der Waals surface area contributed by atoms with Crippen molar-refractivity contribution >= 4 is 12.3 Å². The smallest absolute Gasteiger partial charge is 0.317 e. The first-order chi connectivity index (χ1) is 8.17. The van der Waals surface area contributed by atoms with Gasteiger partial charge in [0, 0.05) is 11.1 Å². The van der Waals surface area contributed by atoms with E-state index in [-0.39, 0.29) is 12.4 Å². The molecule has 3 nitrogen and oxygen atoms in total. The molecule has 0 radical (unpaired) electrons. The number of rotatable bonds is 3. The van der Waals surface area contributed by atoms with Crippen molar-refractivity contribution in [1.29, 1.82) is 0 Å². The van der Waals surface area contributed by atoms with Gasteiger partial charge in [-0.3, -0.25) is 9.59 Å². The number of benzene rings is 1. The molecule has 0 saturated heterocycles. The summed E-state index contributed by atoms with van der Waals surface area (Å²) in [5.74, 6) is 5.17. The van der Waals surface area contributed by atoms with Crippen molar-refractivity contribution in [3.05, 3.63) is 34.9 Å². The summed E-state index contributed by atoms with van der Waals surface area (Å²) >= 11 is 0. The van der Waals surface area contributed by atoms with Crippen LogP contribution in [0.4, 0.5) is 0 Å². The number of esters is 1. The van der Waals surface area contributed by atoms with Crippen molar-refractivity contribution < 1.29 is 14.3 Å². The molecule has 0 amide bonds. The van der Waals surface area contributed by atoms with Crippen LogP contribution >= 0.6 is 0 Å². The SMILES string of the molecule is CCOC(=O)CC#Cc1cc(C)ccc1C=O. The van der Waals surface area contributed by atoms with Gasteiger partial charge in [-0.05, 0) is 25.5 Å². The minimum atomic E-state index is -0.347. The fourth-order valence-corrected chi connectivity index (χ4v) is 1.30. The lowest BCUT2D eigenvalue weighted by Crippen LogP contribution is -2.01. The first-order valence-electron chi connectivity index (χ1n) is 5.37. The van der Waals surface area contributed by atoms with E-state index in [9.17, 15) is 9.59 Å². The zero-order valence-electron chi connectivity index (χ0n) is 9.95. The molecule has 0 unspecified atom stereocenters. The fraction of sp³-hybridized carbons (Fsp3) is 0.286. The second kappa shape index (κ2) is 6.49. The molecule has 0 saturated carbocycles. The number of carbonyl (C=O) groups is 2. The average molecular weight is 230 g/mol. The molecule has 88 valence electrons. The zero-order valence-corrected chi connectivity index (χ0v) is 9.95. The van der Waals surface area contributed by atoms with Crippen molar-refractivity contribution in [2.75, 3.05) is 6.61 Å². The number of hydrogen-bond donors (Lipinski definition) is 0. The maximum atomic E-state index is 11.1. The third kappa shape index (κ3) is 4.12. The summed E-state index contributed by atoms with van der Waals surface area (Å²) in [5.41, 5.74) is 2.20. The molecule has 1 rings (SSSR count).